The van der Waals surface area contributed by atoms with E-state index in [4.69, 9.17) is 37.9 Å². The number of aliphatic hydroxyl groups excluding tert-OH is 5. The molecule has 0 radical (unpaired) electrons. The van der Waals surface area contributed by atoms with Crippen LogP contribution in [0.5, 0.6) is 0 Å². The van der Waals surface area contributed by atoms with Crippen molar-refractivity contribution >= 4 is 29.3 Å². The number of hydrogen-bond donors (Lipinski definition) is 7. The summed E-state index contributed by atoms with van der Waals surface area (Å²) in [5.74, 6) is -0.0493. The molecule has 0 aromatic heterocycles. The van der Waals surface area contributed by atoms with E-state index < -0.39 is 110 Å². The zero-order chi connectivity index (χ0) is 51.7. The van der Waals surface area contributed by atoms with E-state index in [1.807, 2.05) is 0 Å². The summed E-state index contributed by atoms with van der Waals surface area (Å²) in [5.41, 5.74) is -1.08. The molecule has 20 heteroatoms. The quantitative estimate of drug-likeness (QED) is 0.147. The number of Topliss-reactive ketones (excluding diaryl/α,β-unsaturated/α-hetero) is 1. The summed E-state index contributed by atoms with van der Waals surface area (Å²) in [6.45, 7) is 8.11. The van der Waals surface area contributed by atoms with Gasteiger partial charge in [0.25, 0.3) is 0 Å². The Morgan fingerprint density at radius 1 is 0.767 bits per heavy atom. The molecule has 402 valence electrons. The van der Waals surface area contributed by atoms with Gasteiger partial charge < -0.3 is 63.4 Å². The van der Waals surface area contributed by atoms with Crippen molar-refractivity contribution in [2.24, 2.45) is 52.3 Å². The number of aliphatic hydroxyl groups is 5. The van der Waals surface area contributed by atoms with Gasteiger partial charge in [-0.1, -0.05) is 52.0 Å². The van der Waals surface area contributed by atoms with Gasteiger partial charge in [-0.2, -0.15) is 0 Å². The van der Waals surface area contributed by atoms with E-state index in [1.165, 1.54) is 36.4 Å². The van der Waals surface area contributed by atoms with E-state index in [2.05, 4.69) is 38.3 Å². The number of carbonyl (C=O) groups is 3. The second kappa shape index (κ2) is 20.5. The Morgan fingerprint density at radius 2 is 1.41 bits per heavy atom. The SMILES string of the molecule is C[C@@H]1CC[C@@]2(OC1)OC1C[C@H]3[C@@H]4CC[C@H]5C[C@@H](O[C@@H]6O[C@H](CO)[C@@H](O[C@@H]7O[C@H](COC(=O)Nc8ccccc8F)[C@@H](OC(=O)Nc8ccccc8F)[C@H](O)[C@H]7O)[C@H](O)[C@H]6O)CC[C@]5(C)[C@H]4CC(=O)[C@]3(C)C1[C@@H]2C. The monoisotopic (exact) mass is 1030 g/mol. The van der Waals surface area contributed by atoms with Crippen molar-refractivity contribution < 1.29 is 86.6 Å². The Balaban J connectivity index is 0.774. The molecular formula is C53H70F2N2O16. The Labute approximate surface area is 422 Å². The van der Waals surface area contributed by atoms with Crippen molar-refractivity contribution in [3.8, 4) is 0 Å². The number of fused-ring (bicyclic) bond motifs is 7. The Kier molecular flexibility index (Phi) is 14.8. The highest BCUT2D eigenvalue weighted by Gasteiger charge is 2.72. The van der Waals surface area contributed by atoms with Crippen LogP contribution < -0.4 is 10.6 Å². The van der Waals surface area contributed by atoms with Gasteiger partial charge in [-0.15, -0.1) is 0 Å². The van der Waals surface area contributed by atoms with Crippen molar-refractivity contribution in [2.45, 2.75) is 165 Å². The molecule has 4 heterocycles. The van der Waals surface area contributed by atoms with Crippen molar-refractivity contribution in [1.29, 1.82) is 0 Å². The fraction of sp³-hybridized carbons (Fsp3) is 0.717. The van der Waals surface area contributed by atoms with E-state index in [9.17, 15) is 48.7 Å². The van der Waals surface area contributed by atoms with Crippen LogP contribution in [-0.4, -0.2) is 143 Å². The first kappa shape index (κ1) is 52.5. The third-order valence-electron chi connectivity index (χ3n) is 18.7. The average Bonchev–Trinajstić information content (AvgIpc) is 3.82. The van der Waals surface area contributed by atoms with Crippen LogP contribution in [0.4, 0.5) is 29.7 Å². The van der Waals surface area contributed by atoms with E-state index in [0.29, 0.717) is 43.5 Å². The zero-order valence-corrected chi connectivity index (χ0v) is 41.6. The molecule has 4 saturated carbocycles. The highest BCUT2D eigenvalue weighted by Crippen LogP contribution is 2.70. The normalized spacial score (nSPS) is 45.1. The van der Waals surface area contributed by atoms with E-state index in [1.54, 1.807) is 0 Å². The lowest BCUT2D eigenvalue weighted by molar-refractivity contribution is -0.363. The maximum Gasteiger partial charge on any atom is 0.412 e. The molecule has 2 amide bonds. The largest absolute Gasteiger partial charge is 0.446 e. The fourth-order valence-electron chi connectivity index (χ4n) is 14.7. The Hall–Kier alpha value is -3.93. The first-order valence-electron chi connectivity index (χ1n) is 26.1. The number of anilines is 2. The number of halogens is 2. The predicted octanol–water partition coefficient (Wildman–Crippen LogP) is 5.41. The maximum absolute atomic E-state index is 14.7. The van der Waals surface area contributed by atoms with Crippen LogP contribution in [0.25, 0.3) is 0 Å². The lowest BCUT2D eigenvalue weighted by atomic mass is 9.44. The van der Waals surface area contributed by atoms with E-state index in [0.717, 1.165) is 50.7 Å². The third-order valence-corrected chi connectivity index (χ3v) is 18.7. The molecule has 73 heavy (non-hydrogen) atoms. The third kappa shape index (κ3) is 9.48. The molecule has 4 saturated heterocycles. The molecule has 4 aliphatic carbocycles. The standard InChI is InChI=1S/C53H70F2N2O16/c1-25-15-18-53(67-23-25)26(2)40-36(73-53)20-31-29-14-13-27-19-28(16-17-51(27,3)30(29)21-39(59)52(31,40)4)68-47-43(62)41(60)45(37(22-58)69-47)71-48-44(63)42(61)46(72-50(65)57-35-12-8-6-10-33(35)55)38(70-48)24-66-49(64)56-34-11-7-5-9-32(34)54/h5-12,25-31,36-38,40-48,58,60-63H,13-24H2,1-4H3,(H,56,64)(H,57,65)/t25-,26+,27+,28+,29-,30+,31+,36?,37-,38-,40?,41-,42-,43-,44-,45-,46-,47-,48+,51+,52-,53-/m1/s1. The molecule has 8 aliphatic rings. The molecule has 2 aromatic rings. The van der Waals surface area contributed by atoms with Crippen molar-refractivity contribution in [2.75, 3.05) is 30.5 Å². The lowest BCUT2D eigenvalue weighted by Gasteiger charge is -2.60. The van der Waals surface area contributed by atoms with Gasteiger partial charge in [-0.05, 0) is 104 Å². The first-order valence-corrected chi connectivity index (χ1v) is 26.1. The van der Waals surface area contributed by atoms with Crippen LogP contribution in [0.2, 0.25) is 0 Å². The van der Waals surface area contributed by atoms with Crippen molar-refractivity contribution in [3.05, 3.63) is 60.2 Å². The number of benzene rings is 2. The summed E-state index contributed by atoms with van der Waals surface area (Å²) >= 11 is 0. The molecular weight excluding hydrogens is 959 g/mol. The van der Waals surface area contributed by atoms with Crippen LogP contribution >= 0.6 is 0 Å². The molecule has 7 N–H and O–H groups in total. The van der Waals surface area contributed by atoms with Gasteiger partial charge in [0, 0.05) is 30.1 Å². The summed E-state index contributed by atoms with van der Waals surface area (Å²) in [4.78, 5) is 40.4. The zero-order valence-electron chi connectivity index (χ0n) is 41.6. The van der Waals surface area contributed by atoms with Gasteiger partial charge in [0.15, 0.2) is 24.5 Å². The number of nitrogens with one attached hydrogen (secondary N) is 2. The predicted molar refractivity (Wildman–Crippen MR) is 252 cm³/mol. The van der Waals surface area contributed by atoms with Gasteiger partial charge in [0.1, 0.15) is 66.8 Å². The second-order valence-corrected chi connectivity index (χ2v) is 22.6. The number of hydrogen-bond acceptors (Lipinski definition) is 16. The summed E-state index contributed by atoms with van der Waals surface area (Å²) in [7, 11) is 0. The summed E-state index contributed by atoms with van der Waals surface area (Å²) in [5, 5.41) is 60.8. The van der Waals surface area contributed by atoms with Gasteiger partial charge >= 0.3 is 12.2 Å². The van der Waals surface area contributed by atoms with Gasteiger partial charge in [0.2, 0.25) is 0 Å². The number of para-hydroxylation sites is 2. The van der Waals surface area contributed by atoms with E-state index in [-0.39, 0.29) is 58.6 Å². The van der Waals surface area contributed by atoms with Crippen LogP contribution in [0, 0.1) is 63.9 Å². The minimum Gasteiger partial charge on any atom is -0.446 e. The van der Waals surface area contributed by atoms with E-state index >= 15 is 0 Å². The lowest BCUT2D eigenvalue weighted by Crippen LogP contribution is -2.65. The van der Waals surface area contributed by atoms with Crippen LogP contribution in [0.3, 0.4) is 0 Å². The van der Waals surface area contributed by atoms with Gasteiger partial charge in [0.05, 0.1) is 36.8 Å². The Bertz CT molecular complexity index is 2340. The second-order valence-electron chi connectivity index (χ2n) is 22.6. The highest BCUT2D eigenvalue weighted by atomic mass is 19.1. The summed E-state index contributed by atoms with van der Waals surface area (Å²) in [6.07, 6.45) is -12.9. The molecule has 1 spiro atoms. The molecule has 22 atom stereocenters. The molecule has 2 unspecified atom stereocenters. The van der Waals surface area contributed by atoms with Crippen LogP contribution in [0.1, 0.15) is 85.5 Å². The van der Waals surface area contributed by atoms with Crippen LogP contribution in [-0.2, 0) is 42.7 Å². The molecule has 0 bridgehead atoms. The topological polar surface area (TPSA) is 250 Å². The molecule has 2 aromatic carbocycles. The minimum atomic E-state index is -2.04. The Morgan fingerprint density at radius 3 is 2.07 bits per heavy atom. The number of amides is 2. The first-order chi connectivity index (χ1) is 34.8. The summed E-state index contributed by atoms with van der Waals surface area (Å²) in [6, 6.07) is 10.4. The fourth-order valence-corrected chi connectivity index (χ4v) is 14.7. The molecule has 4 aliphatic heterocycles. The number of ketones is 1. The van der Waals surface area contributed by atoms with Crippen molar-refractivity contribution in [3.63, 3.8) is 0 Å². The van der Waals surface area contributed by atoms with Crippen LogP contribution in [0.15, 0.2) is 48.5 Å². The number of ether oxygens (including phenoxy) is 8. The molecule has 10 rings (SSSR count). The maximum atomic E-state index is 14.7. The molecule has 8 fully saturated rings. The minimum absolute atomic E-state index is 0.000483. The number of rotatable bonds is 10. The summed E-state index contributed by atoms with van der Waals surface area (Å²) < 4.78 is 77.0. The van der Waals surface area contributed by atoms with Gasteiger partial charge in [-0.3, -0.25) is 15.4 Å². The average molecular weight is 1030 g/mol. The van der Waals surface area contributed by atoms with Gasteiger partial charge in [-0.25, -0.2) is 18.4 Å². The molecule has 18 nitrogen and oxygen atoms in total. The van der Waals surface area contributed by atoms with Crippen molar-refractivity contribution in [1.82, 2.24) is 0 Å². The highest BCUT2D eigenvalue weighted by molar-refractivity contribution is 5.87. The number of carbonyl (C=O) groups excluding carboxylic acids is 3. The smallest absolute Gasteiger partial charge is 0.412 e.